The SMILES string of the molecule is OCC(Nc1cncc(-c2cc(Cl)ccc2F)n1)C1CCCCC1. The quantitative estimate of drug-likeness (QED) is 0.845. The summed E-state index contributed by atoms with van der Waals surface area (Å²) in [5.41, 5.74) is 0.734. The van der Waals surface area contributed by atoms with Gasteiger partial charge in [0.2, 0.25) is 0 Å². The van der Waals surface area contributed by atoms with Crippen LogP contribution in [0.15, 0.2) is 30.6 Å². The van der Waals surface area contributed by atoms with Gasteiger partial charge in [0.15, 0.2) is 0 Å². The normalized spacial score (nSPS) is 16.8. The zero-order valence-electron chi connectivity index (χ0n) is 13.4. The van der Waals surface area contributed by atoms with Gasteiger partial charge in [-0.2, -0.15) is 0 Å². The third-order valence-electron chi connectivity index (χ3n) is 4.59. The molecule has 4 nitrogen and oxygen atoms in total. The molecule has 6 heteroatoms. The summed E-state index contributed by atoms with van der Waals surface area (Å²) in [4.78, 5) is 8.59. The summed E-state index contributed by atoms with van der Waals surface area (Å²) in [6.07, 6.45) is 8.97. The van der Waals surface area contributed by atoms with E-state index in [0.29, 0.717) is 28.0 Å². The molecule has 0 spiro atoms. The maximum atomic E-state index is 14.0. The Morgan fingerprint density at radius 3 is 2.79 bits per heavy atom. The monoisotopic (exact) mass is 349 g/mol. The van der Waals surface area contributed by atoms with Gasteiger partial charge in [0.05, 0.1) is 30.7 Å². The number of benzene rings is 1. The van der Waals surface area contributed by atoms with Crippen LogP contribution in [0.5, 0.6) is 0 Å². The molecular weight excluding hydrogens is 329 g/mol. The van der Waals surface area contributed by atoms with Crippen molar-refractivity contribution in [2.45, 2.75) is 38.1 Å². The molecule has 1 saturated carbocycles. The van der Waals surface area contributed by atoms with Crippen LogP contribution in [-0.2, 0) is 0 Å². The van der Waals surface area contributed by atoms with Crippen molar-refractivity contribution in [3.63, 3.8) is 0 Å². The molecule has 1 atom stereocenters. The molecular formula is C18H21ClFN3O. The van der Waals surface area contributed by atoms with E-state index in [1.54, 1.807) is 6.20 Å². The fraction of sp³-hybridized carbons (Fsp3) is 0.444. The standard InChI is InChI=1S/C18H21ClFN3O/c19-13-6-7-15(20)14(8-13)16-9-21-10-18(22-16)23-17(11-24)12-4-2-1-3-5-12/h6-10,12,17,24H,1-5,11H2,(H,22,23). The number of aliphatic hydroxyl groups is 1. The fourth-order valence-electron chi connectivity index (χ4n) is 3.30. The Morgan fingerprint density at radius 1 is 1.25 bits per heavy atom. The molecule has 0 radical (unpaired) electrons. The van der Waals surface area contributed by atoms with Gasteiger partial charge in [0.1, 0.15) is 11.6 Å². The summed E-state index contributed by atoms with van der Waals surface area (Å²) < 4.78 is 14.0. The molecule has 2 N–H and O–H groups in total. The summed E-state index contributed by atoms with van der Waals surface area (Å²) in [5, 5.41) is 13.4. The molecule has 0 bridgehead atoms. The minimum absolute atomic E-state index is 0.0438. The number of aromatic nitrogens is 2. The van der Waals surface area contributed by atoms with Crippen LogP contribution in [-0.4, -0.2) is 27.7 Å². The first kappa shape index (κ1) is 17.1. The summed E-state index contributed by atoms with van der Waals surface area (Å²) in [7, 11) is 0. The van der Waals surface area contributed by atoms with E-state index in [0.717, 1.165) is 12.8 Å². The largest absolute Gasteiger partial charge is 0.394 e. The maximum Gasteiger partial charge on any atom is 0.145 e. The Bertz CT molecular complexity index is 692. The van der Waals surface area contributed by atoms with Crippen molar-refractivity contribution in [2.75, 3.05) is 11.9 Å². The molecule has 24 heavy (non-hydrogen) atoms. The van der Waals surface area contributed by atoms with Crippen molar-refractivity contribution in [2.24, 2.45) is 5.92 Å². The summed E-state index contributed by atoms with van der Waals surface area (Å²) in [6.45, 7) is 0.0438. The zero-order valence-corrected chi connectivity index (χ0v) is 14.1. The van der Waals surface area contributed by atoms with E-state index in [1.807, 2.05) is 0 Å². The fourth-order valence-corrected chi connectivity index (χ4v) is 3.47. The molecule has 0 aliphatic heterocycles. The van der Waals surface area contributed by atoms with Gasteiger partial charge in [-0.25, -0.2) is 9.37 Å². The van der Waals surface area contributed by atoms with Crippen molar-refractivity contribution in [1.29, 1.82) is 0 Å². The molecule has 128 valence electrons. The van der Waals surface area contributed by atoms with Gasteiger partial charge in [0, 0.05) is 10.6 Å². The van der Waals surface area contributed by atoms with Crippen molar-refractivity contribution in [3.8, 4) is 11.3 Å². The van der Waals surface area contributed by atoms with Gasteiger partial charge in [-0.3, -0.25) is 4.98 Å². The Kier molecular flexibility index (Phi) is 5.63. The van der Waals surface area contributed by atoms with E-state index < -0.39 is 5.82 Å². The number of anilines is 1. The first-order valence-electron chi connectivity index (χ1n) is 8.32. The average molecular weight is 350 g/mol. The third-order valence-corrected chi connectivity index (χ3v) is 4.82. The number of halogens is 2. The molecule has 1 unspecified atom stereocenters. The molecule has 0 saturated heterocycles. The first-order valence-corrected chi connectivity index (χ1v) is 8.70. The van der Waals surface area contributed by atoms with E-state index in [1.165, 1.54) is 43.7 Å². The Hall–Kier alpha value is -1.72. The summed E-state index contributed by atoms with van der Waals surface area (Å²) >= 11 is 5.95. The lowest BCUT2D eigenvalue weighted by atomic mass is 9.84. The van der Waals surface area contributed by atoms with E-state index in [-0.39, 0.29) is 12.6 Å². The van der Waals surface area contributed by atoms with Crippen LogP contribution in [0.2, 0.25) is 5.02 Å². The molecule has 3 rings (SSSR count). The van der Waals surface area contributed by atoms with Gasteiger partial charge in [-0.05, 0) is 37.0 Å². The minimum atomic E-state index is -0.392. The second-order valence-corrected chi connectivity index (χ2v) is 6.68. The lowest BCUT2D eigenvalue weighted by molar-refractivity contribution is 0.209. The highest BCUT2D eigenvalue weighted by atomic mass is 35.5. The van der Waals surface area contributed by atoms with Crippen LogP contribution >= 0.6 is 11.6 Å². The van der Waals surface area contributed by atoms with E-state index in [4.69, 9.17) is 11.6 Å². The molecule has 1 aromatic heterocycles. The van der Waals surface area contributed by atoms with Crippen molar-refractivity contribution in [3.05, 3.63) is 41.4 Å². The van der Waals surface area contributed by atoms with Gasteiger partial charge in [-0.1, -0.05) is 30.9 Å². The lowest BCUT2D eigenvalue weighted by Crippen LogP contribution is -2.34. The highest BCUT2D eigenvalue weighted by Crippen LogP contribution is 2.29. The number of hydrogen-bond donors (Lipinski definition) is 2. The number of rotatable bonds is 5. The topological polar surface area (TPSA) is 58.0 Å². The smallest absolute Gasteiger partial charge is 0.145 e. The van der Waals surface area contributed by atoms with Crippen molar-refractivity contribution < 1.29 is 9.50 Å². The van der Waals surface area contributed by atoms with Gasteiger partial charge in [0.25, 0.3) is 0 Å². The molecule has 0 amide bonds. The Morgan fingerprint density at radius 2 is 2.04 bits per heavy atom. The van der Waals surface area contributed by atoms with Crippen molar-refractivity contribution >= 4 is 17.4 Å². The molecule has 1 fully saturated rings. The summed E-state index contributed by atoms with van der Waals surface area (Å²) in [6, 6.07) is 4.30. The predicted molar refractivity (Wildman–Crippen MR) is 93.5 cm³/mol. The number of nitrogens with one attached hydrogen (secondary N) is 1. The molecule has 1 aromatic carbocycles. The van der Waals surface area contributed by atoms with E-state index in [2.05, 4.69) is 15.3 Å². The third kappa shape index (κ3) is 4.02. The Labute approximate surface area is 146 Å². The molecule has 1 aliphatic carbocycles. The van der Waals surface area contributed by atoms with E-state index >= 15 is 0 Å². The van der Waals surface area contributed by atoms with Crippen LogP contribution < -0.4 is 5.32 Å². The lowest BCUT2D eigenvalue weighted by Gasteiger charge is -2.30. The van der Waals surface area contributed by atoms with Crippen LogP contribution in [0.1, 0.15) is 32.1 Å². The second-order valence-electron chi connectivity index (χ2n) is 6.25. The van der Waals surface area contributed by atoms with Gasteiger partial charge >= 0.3 is 0 Å². The second kappa shape index (κ2) is 7.90. The highest BCUT2D eigenvalue weighted by Gasteiger charge is 2.23. The highest BCUT2D eigenvalue weighted by molar-refractivity contribution is 6.30. The first-order chi connectivity index (χ1) is 11.7. The number of aliphatic hydroxyl groups excluding tert-OH is 1. The van der Waals surface area contributed by atoms with E-state index in [9.17, 15) is 9.50 Å². The molecule has 1 aliphatic rings. The summed E-state index contributed by atoms with van der Waals surface area (Å²) in [5.74, 6) is 0.574. The van der Waals surface area contributed by atoms with Gasteiger partial charge in [-0.15, -0.1) is 0 Å². The average Bonchev–Trinajstić information content (AvgIpc) is 2.62. The van der Waals surface area contributed by atoms with Crippen LogP contribution in [0.25, 0.3) is 11.3 Å². The van der Waals surface area contributed by atoms with Gasteiger partial charge < -0.3 is 10.4 Å². The zero-order chi connectivity index (χ0) is 16.9. The Balaban J connectivity index is 1.80. The number of nitrogens with zero attached hydrogens (tertiary/aromatic N) is 2. The molecule has 2 aromatic rings. The number of hydrogen-bond acceptors (Lipinski definition) is 4. The van der Waals surface area contributed by atoms with Crippen LogP contribution in [0, 0.1) is 11.7 Å². The molecule has 1 heterocycles. The van der Waals surface area contributed by atoms with Crippen LogP contribution in [0.3, 0.4) is 0 Å². The van der Waals surface area contributed by atoms with Crippen molar-refractivity contribution in [1.82, 2.24) is 9.97 Å². The van der Waals surface area contributed by atoms with Crippen LogP contribution in [0.4, 0.5) is 10.2 Å². The predicted octanol–water partition coefficient (Wildman–Crippen LogP) is 4.29. The maximum absolute atomic E-state index is 14.0. The minimum Gasteiger partial charge on any atom is -0.394 e.